The minimum atomic E-state index is -4.76. The van der Waals surface area contributed by atoms with E-state index in [-0.39, 0.29) is 12.2 Å². The van der Waals surface area contributed by atoms with E-state index < -0.39 is 17.7 Å². The summed E-state index contributed by atoms with van der Waals surface area (Å²) in [5.74, 6) is -1.39. The molecular formula is C12H10ClF3O2. The molecule has 98 valence electrons. The molecule has 0 fully saturated rings. The van der Waals surface area contributed by atoms with Crippen molar-refractivity contribution in [1.82, 2.24) is 0 Å². The second-order valence-electron chi connectivity index (χ2n) is 3.33. The molecule has 1 aromatic carbocycles. The Morgan fingerprint density at radius 1 is 1.33 bits per heavy atom. The Labute approximate surface area is 107 Å². The van der Waals surface area contributed by atoms with Gasteiger partial charge < -0.3 is 4.74 Å². The van der Waals surface area contributed by atoms with Crippen molar-refractivity contribution >= 4 is 23.6 Å². The minimum absolute atomic E-state index is 0.118. The number of halogens is 4. The zero-order valence-electron chi connectivity index (χ0n) is 9.42. The molecule has 0 aliphatic rings. The summed E-state index contributed by atoms with van der Waals surface area (Å²) in [5, 5.41) is 0.400. The van der Waals surface area contributed by atoms with Gasteiger partial charge in [0.05, 0.1) is 6.61 Å². The molecule has 0 aliphatic carbocycles. The van der Waals surface area contributed by atoms with Gasteiger partial charge in [0, 0.05) is 5.02 Å². The summed E-state index contributed by atoms with van der Waals surface area (Å²) in [7, 11) is 0. The van der Waals surface area contributed by atoms with Crippen LogP contribution in [0.25, 0.3) is 6.08 Å². The number of esters is 1. The SMILES string of the molecule is CCOC(=O)C(=Cc1ccc(Cl)cc1)C(F)(F)F. The topological polar surface area (TPSA) is 26.3 Å². The van der Waals surface area contributed by atoms with Crippen LogP contribution in [-0.2, 0) is 9.53 Å². The minimum Gasteiger partial charge on any atom is -0.462 e. The molecule has 0 saturated heterocycles. The highest BCUT2D eigenvalue weighted by atomic mass is 35.5. The van der Waals surface area contributed by atoms with Crippen LogP contribution in [0.3, 0.4) is 0 Å². The van der Waals surface area contributed by atoms with Crippen LogP contribution >= 0.6 is 11.6 Å². The molecule has 18 heavy (non-hydrogen) atoms. The van der Waals surface area contributed by atoms with Gasteiger partial charge in [-0.1, -0.05) is 23.7 Å². The zero-order valence-corrected chi connectivity index (χ0v) is 10.2. The molecule has 0 heterocycles. The average molecular weight is 279 g/mol. The van der Waals surface area contributed by atoms with Gasteiger partial charge in [-0.25, -0.2) is 4.79 Å². The highest BCUT2D eigenvalue weighted by Gasteiger charge is 2.39. The molecule has 0 atom stereocenters. The molecule has 2 nitrogen and oxygen atoms in total. The molecule has 1 aromatic rings. The van der Waals surface area contributed by atoms with Gasteiger partial charge in [-0.05, 0) is 30.7 Å². The van der Waals surface area contributed by atoms with E-state index in [4.69, 9.17) is 11.6 Å². The summed E-state index contributed by atoms with van der Waals surface area (Å²) < 4.78 is 42.4. The highest BCUT2D eigenvalue weighted by Crippen LogP contribution is 2.28. The second kappa shape index (κ2) is 5.91. The molecule has 0 aliphatic heterocycles. The number of carbonyl (C=O) groups is 1. The van der Waals surface area contributed by atoms with Crippen molar-refractivity contribution < 1.29 is 22.7 Å². The van der Waals surface area contributed by atoms with Crippen molar-refractivity contribution in [3.8, 4) is 0 Å². The van der Waals surface area contributed by atoms with Crippen LogP contribution in [-0.4, -0.2) is 18.8 Å². The number of alkyl halides is 3. The fraction of sp³-hybridized carbons (Fsp3) is 0.250. The Morgan fingerprint density at radius 3 is 2.33 bits per heavy atom. The Kier molecular flexibility index (Phi) is 4.78. The third-order valence-electron chi connectivity index (χ3n) is 1.98. The van der Waals surface area contributed by atoms with Crippen molar-refractivity contribution in [3.63, 3.8) is 0 Å². The first-order valence-corrected chi connectivity index (χ1v) is 5.44. The molecule has 6 heteroatoms. The molecular weight excluding hydrogens is 269 g/mol. The highest BCUT2D eigenvalue weighted by molar-refractivity contribution is 6.30. The molecule has 0 spiro atoms. The first-order chi connectivity index (χ1) is 8.34. The number of carbonyl (C=O) groups excluding carboxylic acids is 1. The molecule has 0 amide bonds. The predicted molar refractivity (Wildman–Crippen MR) is 62.1 cm³/mol. The van der Waals surface area contributed by atoms with E-state index in [2.05, 4.69) is 4.74 Å². The molecule has 0 saturated carbocycles. The van der Waals surface area contributed by atoms with Gasteiger partial charge in [0.15, 0.2) is 0 Å². The molecule has 0 radical (unpaired) electrons. The Morgan fingerprint density at radius 2 is 1.89 bits per heavy atom. The lowest BCUT2D eigenvalue weighted by molar-refractivity contribution is -0.149. The maximum atomic E-state index is 12.7. The predicted octanol–water partition coefficient (Wildman–Crippen LogP) is 3.85. The van der Waals surface area contributed by atoms with E-state index >= 15 is 0 Å². The average Bonchev–Trinajstić information content (AvgIpc) is 2.26. The van der Waals surface area contributed by atoms with Crippen molar-refractivity contribution in [1.29, 1.82) is 0 Å². The quantitative estimate of drug-likeness (QED) is 0.620. The molecule has 1 rings (SSSR count). The first-order valence-electron chi connectivity index (χ1n) is 5.06. The van der Waals surface area contributed by atoms with Crippen LogP contribution in [0.4, 0.5) is 13.2 Å². The maximum absolute atomic E-state index is 12.7. The first kappa shape index (κ1) is 14.6. The van der Waals surface area contributed by atoms with Crippen LogP contribution < -0.4 is 0 Å². The van der Waals surface area contributed by atoms with Gasteiger partial charge in [0.25, 0.3) is 0 Å². The van der Waals surface area contributed by atoms with Crippen molar-refractivity contribution in [2.24, 2.45) is 0 Å². The number of rotatable bonds is 3. The van der Waals surface area contributed by atoms with Crippen molar-refractivity contribution in [3.05, 3.63) is 40.4 Å². The van der Waals surface area contributed by atoms with E-state index in [0.29, 0.717) is 5.02 Å². The fourth-order valence-electron chi connectivity index (χ4n) is 1.19. The summed E-state index contributed by atoms with van der Waals surface area (Å²) in [4.78, 5) is 11.2. The monoisotopic (exact) mass is 278 g/mol. The lowest BCUT2D eigenvalue weighted by Crippen LogP contribution is -2.22. The third-order valence-corrected chi connectivity index (χ3v) is 2.23. The summed E-state index contributed by atoms with van der Waals surface area (Å²) in [5.41, 5.74) is -1.12. The van der Waals surface area contributed by atoms with Gasteiger partial charge >= 0.3 is 12.1 Å². The van der Waals surface area contributed by atoms with Crippen molar-refractivity contribution in [2.45, 2.75) is 13.1 Å². The fourth-order valence-corrected chi connectivity index (χ4v) is 1.32. The van der Waals surface area contributed by atoms with E-state index in [1.807, 2.05) is 0 Å². The summed E-state index contributed by atoms with van der Waals surface area (Å²) >= 11 is 5.62. The van der Waals surface area contributed by atoms with Gasteiger partial charge in [-0.3, -0.25) is 0 Å². The second-order valence-corrected chi connectivity index (χ2v) is 3.76. The molecule has 0 unspecified atom stereocenters. The van der Waals surface area contributed by atoms with Gasteiger partial charge in [0.2, 0.25) is 0 Å². The Hall–Kier alpha value is -1.49. The van der Waals surface area contributed by atoms with Gasteiger partial charge in [-0.2, -0.15) is 13.2 Å². The number of hydrogen-bond donors (Lipinski definition) is 0. The standard InChI is InChI=1S/C12H10ClF3O2/c1-2-18-11(17)10(12(14,15)16)7-8-3-5-9(13)6-4-8/h3-7H,2H2,1H3. The molecule has 0 aromatic heterocycles. The van der Waals surface area contributed by atoms with Crippen molar-refractivity contribution in [2.75, 3.05) is 6.61 Å². The van der Waals surface area contributed by atoms with Crippen LogP contribution in [0.15, 0.2) is 29.8 Å². The zero-order chi connectivity index (χ0) is 13.8. The smallest absolute Gasteiger partial charge is 0.423 e. The summed E-state index contributed by atoms with van der Waals surface area (Å²) in [6.07, 6.45) is -4.03. The normalized spacial score (nSPS) is 12.4. The van der Waals surface area contributed by atoms with Crippen LogP contribution in [0, 0.1) is 0 Å². The van der Waals surface area contributed by atoms with Gasteiger partial charge in [0.1, 0.15) is 5.57 Å². The number of benzene rings is 1. The van der Waals surface area contributed by atoms with Crippen LogP contribution in [0.5, 0.6) is 0 Å². The number of hydrogen-bond acceptors (Lipinski definition) is 2. The van der Waals surface area contributed by atoms with Gasteiger partial charge in [-0.15, -0.1) is 0 Å². The van der Waals surface area contributed by atoms with E-state index in [9.17, 15) is 18.0 Å². The van der Waals surface area contributed by atoms with Crippen LogP contribution in [0.1, 0.15) is 12.5 Å². The number of ether oxygens (including phenoxy) is 1. The summed E-state index contributed by atoms with van der Waals surface area (Å²) in [6.45, 7) is 1.32. The summed E-state index contributed by atoms with van der Waals surface area (Å²) in [6, 6.07) is 5.64. The van der Waals surface area contributed by atoms with Crippen LogP contribution in [0.2, 0.25) is 5.02 Å². The lowest BCUT2D eigenvalue weighted by Gasteiger charge is -2.10. The Balaban J connectivity index is 3.10. The van der Waals surface area contributed by atoms with E-state index in [1.165, 1.54) is 31.2 Å². The van der Waals surface area contributed by atoms with E-state index in [0.717, 1.165) is 6.08 Å². The Bertz CT molecular complexity index is 449. The third kappa shape index (κ3) is 4.07. The largest absolute Gasteiger partial charge is 0.462 e. The molecule has 0 N–H and O–H groups in total. The maximum Gasteiger partial charge on any atom is 0.423 e. The lowest BCUT2D eigenvalue weighted by atomic mass is 10.1. The van der Waals surface area contributed by atoms with E-state index in [1.54, 1.807) is 0 Å². The molecule has 0 bridgehead atoms.